The largest absolute Gasteiger partial charge is 0.375 e. The summed E-state index contributed by atoms with van der Waals surface area (Å²) in [4.78, 5) is 28.4. The van der Waals surface area contributed by atoms with Gasteiger partial charge in [-0.1, -0.05) is 54.6 Å². The standard InChI is InChI=1S/C22H19NO3S/c24-17(13-16-7-2-1-3-8-16)14-22(26)19-10-4-5-11-20(19)23(21(22)25)15-18-9-6-12-27-18/h1-12,26H,13-15H2/t22-/m0/s1. The van der Waals surface area contributed by atoms with Crippen LogP contribution in [0.5, 0.6) is 0 Å². The summed E-state index contributed by atoms with van der Waals surface area (Å²) in [5.41, 5.74) is 0.249. The van der Waals surface area contributed by atoms with E-state index in [1.165, 1.54) is 0 Å². The molecule has 0 saturated heterocycles. The first-order chi connectivity index (χ1) is 13.1. The summed E-state index contributed by atoms with van der Waals surface area (Å²) in [6.45, 7) is 0.392. The van der Waals surface area contributed by atoms with Crippen molar-refractivity contribution in [3.63, 3.8) is 0 Å². The number of ketones is 1. The zero-order chi connectivity index (χ0) is 18.9. The number of rotatable bonds is 6. The highest BCUT2D eigenvalue weighted by molar-refractivity contribution is 7.09. The van der Waals surface area contributed by atoms with E-state index >= 15 is 0 Å². The lowest BCUT2D eigenvalue weighted by atomic mass is 9.88. The van der Waals surface area contributed by atoms with Crippen LogP contribution in [-0.2, 0) is 28.2 Å². The summed E-state index contributed by atoms with van der Waals surface area (Å²) >= 11 is 1.56. The van der Waals surface area contributed by atoms with Crippen molar-refractivity contribution in [3.8, 4) is 0 Å². The van der Waals surface area contributed by atoms with Gasteiger partial charge in [0.2, 0.25) is 0 Å². The summed E-state index contributed by atoms with van der Waals surface area (Å²) < 4.78 is 0. The van der Waals surface area contributed by atoms with E-state index in [9.17, 15) is 14.7 Å². The molecule has 5 heteroatoms. The van der Waals surface area contributed by atoms with Crippen LogP contribution in [0.2, 0.25) is 0 Å². The lowest BCUT2D eigenvalue weighted by molar-refractivity contribution is -0.141. The maximum atomic E-state index is 13.1. The van der Waals surface area contributed by atoms with Crippen molar-refractivity contribution in [3.05, 3.63) is 88.1 Å². The molecule has 1 atom stereocenters. The predicted octanol–water partition coefficient (Wildman–Crippen LogP) is 3.68. The first kappa shape index (κ1) is 17.6. The number of Topliss-reactive ketones (excluding diaryl/α,β-unsaturated/α-hetero) is 1. The predicted molar refractivity (Wildman–Crippen MR) is 106 cm³/mol. The van der Waals surface area contributed by atoms with E-state index in [2.05, 4.69) is 0 Å². The first-order valence-corrected chi connectivity index (χ1v) is 9.68. The van der Waals surface area contributed by atoms with Gasteiger partial charge in [-0.05, 0) is 23.1 Å². The zero-order valence-electron chi connectivity index (χ0n) is 14.7. The smallest absolute Gasteiger partial charge is 0.264 e. The minimum Gasteiger partial charge on any atom is -0.375 e. The average molecular weight is 377 g/mol. The summed E-state index contributed by atoms with van der Waals surface area (Å²) in [6, 6.07) is 20.4. The maximum Gasteiger partial charge on any atom is 0.264 e. The van der Waals surface area contributed by atoms with Crippen molar-refractivity contribution in [2.24, 2.45) is 0 Å². The van der Waals surface area contributed by atoms with Crippen molar-refractivity contribution >= 4 is 28.7 Å². The molecule has 1 amide bonds. The molecule has 1 aliphatic heterocycles. The lowest BCUT2D eigenvalue weighted by Crippen LogP contribution is -2.41. The topological polar surface area (TPSA) is 57.6 Å². The van der Waals surface area contributed by atoms with Gasteiger partial charge in [-0.2, -0.15) is 0 Å². The van der Waals surface area contributed by atoms with Crippen LogP contribution < -0.4 is 4.90 Å². The Balaban J connectivity index is 1.61. The van der Waals surface area contributed by atoms with Gasteiger partial charge in [0.05, 0.1) is 12.2 Å². The van der Waals surface area contributed by atoms with Gasteiger partial charge < -0.3 is 10.0 Å². The van der Waals surface area contributed by atoms with Gasteiger partial charge in [-0.25, -0.2) is 0 Å². The molecule has 2 heterocycles. The van der Waals surface area contributed by atoms with Crippen LogP contribution in [0.1, 0.15) is 22.4 Å². The van der Waals surface area contributed by atoms with E-state index in [1.807, 2.05) is 60.0 Å². The van der Waals surface area contributed by atoms with Gasteiger partial charge in [0.1, 0.15) is 5.78 Å². The van der Waals surface area contributed by atoms with E-state index in [-0.39, 0.29) is 18.6 Å². The number of thiophene rings is 1. The zero-order valence-corrected chi connectivity index (χ0v) is 15.5. The highest BCUT2D eigenvalue weighted by Crippen LogP contribution is 2.43. The van der Waals surface area contributed by atoms with Crippen LogP contribution in [0.25, 0.3) is 0 Å². The van der Waals surface area contributed by atoms with Crippen molar-refractivity contribution in [1.29, 1.82) is 0 Å². The number of carbonyl (C=O) groups is 2. The number of para-hydroxylation sites is 1. The molecule has 0 unspecified atom stereocenters. The number of carbonyl (C=O) groups excluding carboxylic acids is 2. The molecular weight excluding hydrogens is 358 g/mol. The Bertz CT molecular complexity index is 968. The Kier molecular flexibility index (Phi) is 4.64. The quantitative estimate of drug-likeness (QED) is 0.713. The molecule has 0 fully saturated rings. The fraction of sp³-hybridized carbons (Fsp3) is 0.182. The van der Waals surface area contributed by atoms with Crippen LogP contribution in [-0.4, -0.2) is 16.8 Å². The number of aliphatic hydroxyl groups is 1. The molecule has 1 aliphatic rings. The third kappa shape index (κ3) is 3.31. The normalized spacial score (nSPS) is 18.6. The molecule has 4 rings (SSSR count). The Morgan fingerprint density at radius 1 is 1.00 bits per heavy atom. The fourth-order valence-electron chi connectivity index (χ4n) is 3.56. The van der Waals surface area contributed by atoms with Crippen LogP contribution in [0.3, 0.4) is 0 Å². The molecular formula is C22H19NO3S. The summed E-state index contributed by atoms with van der Waals surface area (Å²) in [5, 5.41) is 13.2. The number of nitrogens with zero attached hydrogens (tertiary/aromatic N) is 1. The summed E-state index contributed by atoms with van der Waals surface area (Å²) in [7, 11) is 0. The molecule has 1 N–H and O–H groups in total. The highest BCUT2D eigenvalue weighted by Gasteiger charge is 2.50. The Morgan fingerprint density at radius 2 is 1.74 bits per heavy atom. The van der Waals surface area contributed by atoms with Crippen LogP contribution in [0.4, 0.5) is 5.69 Å². The summed E-state index contributed by atoms with van der Waals surface area (Å²) in [5.74, 6) is -0.594. The number of hydrogen-bond acceptors (Lipinski definition) is 4. The van der Waals surface area contributed by atoms with E-state index in [0.717, 1.165) is 10.4 Å². The van der Waals surface area contributed by atoms with Crippen molar-refractivity contribution in [2.45, 2.75) is 25.0 Å². The van der Waals surface area contributed by atoms with Crippen LogP contribution in [0, 0.1) is 0 Å². The van der Waals surface area contributed by atoms with Crippen molar-refractivity contribution in [2.75, 3.05) is 4.90 Å². The average Bonchev–Trinajstić information content (AvgIpc) is 3.25. The van der Waals surface area contributed by atoms with E-state index < -0.39 is 11.5 Å². The molecule has 4 nitrogen and oxygen atoms in total. The third-order valence-corrected chi connectivity index (χ3v) is 5.69. The molecule has 1 aromatic heterocycles. The number of benzene rings is 2. The third-order valence-electron chi connectivity index (χ3n) is 4.83. The second kappa shape index (κ2) is 7.10. The van der Waals surface area contributed by atoms with Gasteiger partial charge in [-0.3, -0.25) is 9.59 Å². The Hall–Kier alpha value is -2.76. The fourth-order valence-corrected chi connectivity index (χ4v) is 4.26. The summed E-state index contributed by atoms with van der Waals surface area (Å²) in [6.07, 6.45) is -0.0256. The molecule has 3 aromatic rings. The highest BCUT2D eigenvalue weighted by atomic mass is 32.1. The monoisotopic (exact) mass is 377 g/mol. The van der Waals surface area contributed by atoms with Crippen LogP contribution >= 0.6 is 11.3 Å². The molecule has 0 spiro atoms. The maximum absolute atomic E-state index is 13.1. The van der Waals surface area contributed by atoms with E-state index in [1.54, 1.807) is 28.4 Å². The Morgan fingerprint density at radius 3 is 2.48 bits per heavy atom. The molecule has 0 bridgehead atoms. The molecule has 2 aromatic carbocycles. The molecule has 136 valence electrons. The molecule has 0 saturated carbocycles. The first-order valence-electron chi connectivity index (χ1n) is 8.80. The van der Waals surface area contributed by atoms with Crippen molar-refractivity contribution < 1.29 is 14.7 Å². The minimum absolute atomic E-state index is 0.162. The SMILES string of the molecule is O=C(Cc1ccccc1)C[C@@]1(O)C(=O)N(Cc2cccs2)c2ccccc21. The van der Waals surface area contributed by atoms with Gasteiger partial charge in [0.25, 0.3) is 5.91 Å². The lowest BCUT2D eigenvalue weighted by Gasteiger charge is -2.22. The number of fused-ring (bicyclic) bond motifs is 1. The second-order valence-electron chi connectivity index (χ2n) is 6.73. The molecule has 0 aliphatic carbocycles. The van der Waals surface area contributed by atoms with Crippen LogP contribution in [0.15, 0.2) is 72.1 Å². The van der Waals surface area contributed by atoms with Gasteiger partial charge >= 0.3 is 0 Å². The number of anilines is 1. The van der Waals surface area contributed by atoms with Gasteiger partial charge in [-0.15, -0.1) is 11.3 Å². The Labute approximate surface area is 161 Å². The van der Waals surface area contributed by atoms with E-state index in [4.69, 9.17) is 0 Å². The molecule has 0 radical (unpaired) electrons. The number of hydrogen-bond donors (Lipinski definition) is 1. The van der Waals surface area contributed by atoms with Gasteiger partial charge in [0.15, 0.2) is 5.60 Å². The van der Waals surface area contributed by atoms with Crippen molar-refractivity contribution in [1.82, 2.24) is 0 Å². The number of amides is 1. The van der Waals surface area contributed by atoms with E-state index in [0.29, 0.717) is 17.8 Å². The second-order valence-corrected chi connectivity index (χ2v) is 7.76. The molecule has 27 heavy (non-hydrogen) atoms. The minimum atomic E-state index is -1.81. The van der Waals surface area contributed by atoms with Gasteiger partial charge in [0, 0.05) is 23.3 Å².